The summed E-state index contributed by atoms with van der Waals surface area (Å²) >= 11 is 0. The van der Waals surface area contributed by atoms with E-state index in [2.05, 4.69) is 5.32 Å². The van der Waals surface area contributed by atoms with Crippen molar-refractivity contribution < 1.29 is 19.5 Å². The highest BCUT2D eigenvalue weighted by atomic mass is 16.4. The summed E-state index contributed by atoms with van der Waals surface area (Å²) in [5, 5.41) is 11.4. The van der Waals surface area contributed by atoms with Crippen LogP contribution in [0.4, 0.5) is 4.79 Å². The number of primary amides is 1. The lowest BCUT2D eigenvalue weighted by Gasteiger charge is -2.27. The molecule has 0 bridgehead atoms. The van der Waals surface area contributed by atoms with Gasteiger partial charge in [0.1, 0.15) is 0 Å². The Morgan fingerprint density at radius 1 is 1.44 bits per heavy atom. The normalized spacial score (nSPS) is 19.7. The molecule has 1 fully saturated rings. The molecule has 1 heterocycles. The molecule has 4 N–H and O–H groups in total. The van der Waals surface area contributed by atoms with Gasteiger partial charge in [-0.2, -0.15) is 0 Å². The second-order valence-electron chi connectivity index (χ2n) is 5.22. The Morgan fingerprint density at radius 3 is 2.50 bits per heavy atom. The third kappa shape index (κ3) is 3.90. The van der Waals surface area contributed by atoms with Crippen LogP contribution < -0.4 is 11.1 Å². The van der Waals surface area contributed by atoms with E-state index in [4.69, 9.17) is 10.8 Å². The van der Waals surface area contributed by atoms with Gasteiger partial charge in [-0.3, -0.25) is 9.59 Å². The maximum atomic E-state index is 11.9. The van der Waals surface area contributed by atoms with Gasteiger partial charge in [0.2, 0.25) is 5.91 Å². The fourth-order valence-corrected chi connectivity index (χ4v) is 1.97. The first-order valence-electron chi connectivity index (χ1n) is 5.79. The highest BCUT2D eigenvalue weighted by Gasteiger charge is 2.32. The van der Waals surface area contributed by atoms with Gasteiger partial charge in [0.05, 0.1) is 12.3 Å². The predicted octanol–water partition coefficient (Wildman–Crippen LogP) is -0.243. The van der Waals surface area contributed by atoms with Gasteiger partial charge >= 0.3 is 12.0 Å². The molecule has 0 radical (unpaired) electrons. The average Bonchev–Trinajstić information content (AvgIpc) is 2.62. The Labute approximate surface area is 105 Å². The summed E-state index contributed by atoms with van der Waals surface area (Å²) in [5.41, 5.74) is 4.35. The lowest BCUT2D eigenvalue weighted by Crippen LogP contribution is -2.50. The molecule has 0 aliphatic carbocycles. The van der Waals surface area contributed by atoms with E-state index in [1.54, 1.807) is 13.8 Å². The fraction of sp³-hybridized carbons (Fsp3) is 0.727. The Hall–Kier alpha value is -1.79. The van der Waals surface area contributed by atoms with Gasteiger partial charge in [-0.1, -0.05) is 0 Å². The van der Waals surface area contributed by atoms with Crippen molar-refractivity contribution in [1.29, 1.82) is 0 Å². The molecule has 1 rings (SSSR count). The number of urea groups is 1. The minimum atomic E-state index is -0.975. The second-order valence-corrected chi connectivity index (χ2v) is 5.22. The number of carbonyl (C=O) groups is 3. The van der Waals surface area contributed by atoms with E-state index in [1.807, 2.05) is 0 Å². The summed E-state index contributed by atoms with van der Waals surface area (Å²) in [5.74, 6) is -1.69. The monoisotopic (exact) mass is 257 g/mol. The SMILES string of the molecule is CC(C)(CC(=O)O)NC(=O)N1CCC(C(N)=O)C1. The van der Waals surface area contributed by atoms with Crippen LogP contribution in [0.25, 0.3) is 0 Å². The van der Waals surface area contributed by atoms with Crippen LogP contribution in [0.1, 0.15) is 26.7 Å². The van der Waals surface area contributed by atoms with Crippen molar-refractivity contribution in [3.05, 3.63) is 0 Å². The number of carboxylic acid groups (broad SMARTS) is 1. The standard InChI is InChI=1S/C11H19N3O4/c1-11(2,5-8(15)16)13-10(18)14-4-3-7(6-14)9(12)17/h7H,3-6H2,1-2H3,(H2,12,17)(H,13,18)(H,15,16). The minimum Gasteiger partial charge on any atom is -0.481 e. The van der Waals surface area contributed by atoms with Crippen LogP contribution in [0.15, 0.2) is 0 Å². The molecule has 7 heteroatoms. The molecule has 0 saturated carbocycles. The number of amides is 3. The van der Waals surface area contributed by atoms with Crippen molar-refractivity contribution in [2.75, 3.05) is 13.1 Å². The summed E-state index contributed by atoms with van der Waals surface area (Å²) in [6.45, 7) is 4.04. The van der Waals surface area contributed by atoms with Crippen LogP contribution in [-0.2, 0) is 9.59 Å². The van der Waals surface area contributed by atoms with Crippen LogP contribution in [0.5, 0.6) is 0 Å². The van der Waals surface area contributed by atoms with Crippen LogP contribution >= 0.6 is 0 Å². The molecule has 1 aliphatic heterocycles. The van der Waals surface area contributed by atoms with Gasteiger partial charge in [-0.15, -0.1) is 0 Å². The Balaban J connectivity index is 2.52. The van der Waals surface area contributed by atoms with Crippen molar-refractivity contribution in [3.63, 3.8) is 0 Å². The van der Waals surface area contributed by atoms with Crippen LogP contribution in [0, 0.1) is 5.92 Å². The lowest BCUT2D eigenvalue weighted by atomic mass is 10.0. The lowest BCUT2D eigenvalue weighted by molar-refractivity contribution is -0.138. The van der Waals surface area contributed by atoms with Crippen molar-refractivity contribution in [3.8, 4) is 0 Å². The molecule has 0 aromatic rings. The Morgan fingerprint density at radius 2 is 2.06 bits per heavy atom. The van der Waals surface area contributed by atoms with E-state index in [9.17, 15) is 14.4 Å². The third-order valence-corrected chi connectivity index (χ3v) is 2.92. The van der Waals surface area contributed by atoms with Gasteiger partial charge in [-0.05, 0) is 20.3 Å². The molecule has 0 aromatic heterocycles. The van der Waals surface area contributed by atoms with Crippen molar-refractivity contribution in [2.45, 2.75) is 32.2 Å². The first kappa shape index (κ1) is 14.3. The number of nitrogens with one attached hydrogen (secondary N) is 1. The number of carboxylic acids is 1. The number of likely N-dealkylation sites (tertiary alicyclic amines) is 1. The van der Waals surface area contributed by atoms with E-state index in [0.717, 1.165) is 0 Å². The van der Waals surface area contributed by atoms with Gasteiger partial charge in [0.25, 0.3) is 0 Å². The number of hydrogen-bond donors (Lipinski definition) is 3. The molecule has 0 aromatic carbocycles. The molecule has 102 valence electrons. The second kappa shape index (κ2) is 5.24. The molecular weight excluding hydrogens is 238 g/mol. The zero-order chi connectivity index (χ0) is 13.9. The summed E-state index contributed by atoms with van der Waals surface area (Å²) in [4.78, 5) is 35.0. The summed E-state index contributed by atoms with van der Waals surface area (Å²) in [6.07, 6.45) is 0.397. The molecular formula is C11H19N3O4. The number of rotatable bonds is 4. The van der Waals surface area contributed by atoms with Gasteiger partial charge in [-0.25, -0.2) is 4.79 Å². The number of carbonyl (C=O) groups excluding carboxylic acids is 2. The van der Waals surface area contributed by atoms with Crippen LogP contribution in [0.2, 0.25) is 0 Å². The Bertz CT molecular complexity index is 367. The maximum Gasteiger partial charge on any atom is 0.317 e. The molecule has 1 saturated heterocycles. The molecule has 7 nitrogen and oxygen atoms in total. The summed E-state index contributed by atoms with van der Waals surface area (Å²) in [6, 6.07) is -0.356. The highest BCUT2D eigenvalue weighted by molar-refractivity contribution is 5.81. The average molecular weight is 257 g/mol. The number of nitrogens with two attached hydrogens (primary N) is 1. The van der Waals surface area contributed by atoms with Crippen molar-refractivity contribution in [2.24, 2.45) is 11.7 Å². The van der Waals surface area contributed by atoms with E-state index < -0.39 is 17.4 Å². The van der Waals surface area contributed by atoms with E-state index in [1.165, 1.54) is 4.90 Å². The maximum absolute atomic E-state index is 11.9. The van der Waals surface area contributed by atoms with E-state index in [0.29, 0.717) is 19.5 Å². The van der Waals surface area contributed by atoms with Crippen LogP contribution in [-0.4, -0.2) is 46.5 Å². The number of aliphatic carboxylic acids is 1. The van der Waals surface area contributed by atoms with E-state index >= 15 is 0 Å². The first-order valence-corrected chi connectivity index (χ1v) is 5.79. The smallest absolute Gasteiger partial charge is 0.317 e. The summed E-state index contributed by atoms with van der Waals surface area (Å²) in [7, 11) is 0. The van der Waals surface area contributed by atoms with Crippen LogP contribution in [0.3, 0.4) is 0 Å². The molecule has 1 aliphatic rings. The van der Waals surface area contributed by atoms with Crippen molar-refractivity contribution >= 4 is 17.9 Å². The van der Waals surface area contributed by atoms with E-state index in [-0.39, 0.29) is 18.4 Å². The molecule has 1 atom stereocenters. The first-order chi connectivity index (χ1) is 8.21. The third-order valence-electron chi connectivity index (χ3n) is 2.92. The van der Waals surface area contributed by atoms with Gasteiger partial charge in [0, 0.05) is 18.6 Å². The molecule has 3 amide bonds. The number of nitrogens with zero attached hydrogens (tertiary/aromatic N) is 1. The van der Waals surface area contributed by atoms with Gasteiger partial charge < -0.3 is 21.1 Å². The minimum absolute atomic E-state index is 0.161. The largest absolute Gasteiger partial charge is 0.481 e. The predicted molar refractivity (Wildman–Crippen MR) is 63.7 cm³/mol. The van der Waals surface area contributed by atoms with Crippen molar-refractivity contribution in [1.82, 2.24) is 10.2 Å². The quantitative estimate of drug-likeness (QED) is 0.644. The summed E-state index contributed by atoms with van der Waals surface area (Å²) < 4.78 is 0. The molecule has 1 unspecified atom stereocenters. The van der Waals surface area contributed by atoms with Gasteiger partial charge in [0.15, 0.2) is 0 Å². The topological polar surface area (TPSA) is 113 Å². The fourth-order valence-electron chi connectivity index (χ4n) is 1.97. The molecule has 0 spiro atoms. The highest BCUT2D eigenvalue weighted by Crippen LogP contribution is 2.17. The molecule has 18 heavy (non-hydrogen) atoms. The zero-order valence-electron chi connectivity index (χ0n) is 10.6. The number of hydrogen-bond acceptors (Lipinski definition) is 3. The Kier molecular flexibility index (Phi) is 4.15. The zero-order valence-corrected chi connectivity index (χ0v) is 10.6.